The van der Waals surface area contributed by atoms with Gasteiger partial charge in [0.15, 0.2) is 22.8 Å². The minimum absolute atomic E-state index is 0.00860. The number of phenolic OH excluding ortho intramolecular Hbond substituents is 2. The van der Waals surface area contributed by atoms with Crippen LogP contribution in [0.5, 0.6) is 17.2 Å². The highest BCUT2D eigenvalue weighted by molar-refractivity contribution is 6.18. The maximum absolute atomic E-state index is 14.8. The third-order valence-corrected chi connectivity index (χ3v) is 10.6. The van der Waals surface area contributed by atoms with Crippen LogP contribution in [0.1, 0.15) is 103 Å². The van der Waals surface area contributed by atoms with Gasteiger partial charge in [-0.05, 0) is 87.5 Å². The lowest BCUT2D eigenvalue weighted by Gasteiger charge is -2.56. The zero-order chi connectivity index (χ0) is 35.5. The van der Waals surface area contributed by atoms with Crippen molar-refractivity contribution in [1.82, 2.24) is 4.90 Å². The first-order valence-electron chi connectivity index (χ1n) is 17.0. The van der Waals surface area contributed by atoms with E-state index >= 15 is 0 Å². The summed E-state index contributed by atoms with van der Waals surface area (Å²) in [4.78, 5) is 43.5. The van der Waals surface area contributed by atoms with Crippen LogP contribution in [-0.2, 0) is 27.2 Å². The molecular weight excluding hydrogens is 606 g/mol. The number of likely N-dealkylation sites (N-methyl/N-ethyl adjacent to an activating group) is 1. The second kappa shape index (κ2) is 12.5. The number of phenols is 2. The van der Waals surface area contributed by atoms with Crippen LogP contribution in [0.25, 0.3) is 0 Å². The van der Waals surface area contributed by atoms with E-state index in [0.29, 0.717) is 23.1 Å². The molecule has 5 aliphatic rings. The number of ether oxygens (including phenoxy) is 2. The van der Waals surface area contributed by atoms with Gasteiger partial charge in [-0.15, -0.1) is 0 Å². The first kappa shape index (κ1) is 35.4. The summed E-state index contributed by atoms with van der Waals surface area (Å²) in [5.41, 5.74) is 0.840. The van der Waals surface area contributed by atoms with Crippen molar-refractivity contribution < 1.29 is 34.1 Å². The fourth-order valence-corrected chi connectivity index (χ4v) is 8.15. The molecule has 1 aromatic carbocycles. The lowest BCUT2D eigenvalue weighted by Crippen LogP contribution is -2.72. The third-order valence-electron chi connectivity index (χ3n) is 10.6. The van der Waals surface area contributed by atoms with E-state index in [2.05, 4.69) is 19.9 Å². The summed E-state index contributed by atoms with van der Waals surface area (Å²) in [7, 11) is 3.33. The Morgan fingerprint density at radius 2 is 1.58 bits per heavy atom. The number of allylic oxidation sites excluding steroid dienone is 7. The lowest BCUT2D eigenvalue weighted by molar-refractivity contribution is -0.171. The topological polar surface area (TPSA) is 113 Å². The van der Waals surface area contributed by atoms with Crippen LogP contribution in [0.2, 0.25) is 0 Å². The Hall–Kier alpha value is -3.91. The minimum Gasteiger partial charge on any atom is -0.507 e. The molecule has 0 radical (unpaired) electrons. The molecule has 8 nitrogen and oxygen atoms in total. The molecular formula is C40H51NO7. The lowest BCUT2D eigenvalue weighted by atomic mass is 9.51. The average molecular weight is 658 g/mol. The smallest absolute Gasteiger partial charge is 0.248 e. The number of aromatic hydroxyl groups is 2. The normalized spacial score (nSPS) is 26.8. The van der Waals surface area contributed by atoms with Gasteiger partial charge in [0.1, 0.15) is 22.8 Å². The van der Waals surface area contributed by atoms with Crippen LogP contribution in [0.4, 0.5) is 0 Å². The highest BCUT2D eigenvalue weighted by Gasteiger charge is 2.81. The predicted molar refractivity (Wildman–Crippen MR) is 186 cm³/mol. The summed E-state index contributed by atoms with van der Waals surface area (Å²) in [5, 5.41) is 23.6. The number of ketones is 2. The summed E-state index contributed by atoms with van der Waals surface area (Å²) in [6.45, 7) is 15.6. The van der Waals surface area contributed by atoms with Crippen molar-refractivity contribution in [2.24, 2.45) is 11.8 Å². The number of carbonyl (C=O) groups excluding carboxylic acids is 3. The van der Waals surface area contributed by atoms with Crippen molar-refractivity contribution >= 4 is 17.5 Å². The molecule has 4 bridgehead atoms. The minimum atomic E-state index is -1.59. The van der Waals surface area contributed by atoms with Crippen molar-refractivity contribution in [1.29, 1.82) is 0 Å². The van der Waals surface area contributed by atoms with Crippen LogP contribution < -0.4 is 4.74 Å². The quantitative estimate of drug-likeness (QED) is 0.201. The van der Waals surface area contributed by atoms with E-state index in [9.17, 15) is 24.6 Å². The molecule has 1 aromatic rings. The third kappa shape index (κ3) is 5.46. The molecule has 1 amide bonds. The number of Topliss-reactive ketones (excluding diaryl/α,β-unsaturated/α-hetero) is 2. The largest absolute Gasteiger partial charge is 0.507 e. The van der Waals surface area contributed by atoms with Crippen LogP contribution >= 0.6 is 0 Å². The first-order chi connectivity index (χ1) is 22.4. The van der Waals surface area contributed by atoms with Crippen molar-refractivity contribution in [3.05, 3.63) is 74.9 Å². The average Bonchev–Trinajstić information content (AvgIpc) is 3.15. The molecule has 258 valence electrons. The molecule has 1 saturated heterocycles. The second-order valence-electron chi connectivity index (χ2n) is 15.2. The molecule has 2 aliphatic heterocycles. The summed E-state index contributed by atoms with van der Waals surface area (Å²) in [5.74, 6) is -2.10. The highest BCUT2D eigenvalue weighted by atomic mass is 16.6. The van der Waals surface area contributed by atoms with Gasteiger partial charge in [0.05, 0.1) is 5.60 Å². The van der Waals surface area contributed by atoms with Crippen LogP contribution in [0.3, 0.4) is 0 Å². The van der Waals surface area contributed by atoms with E-state index in [1.807, 2.05) is 46.8 Å². The standard InChI is InChI=1S/C40H51NO7/c1-22(2)12-11-13-24(5)15-17-27-32(42)28(16-14-23(3)4)35-31(33(27)43)34(44)29-20-26-21-30-38(7,8)48-39(36(26)45,40(29,30)47-35)19-18-25(6)37(46)41(9)10/h12,14-15,18,20,26,30,42-43H,11,13,16-17,19,21H2,1-10H3/b24-15+,25-18-. The van der Waals surface area contributed by atoms with Gasteiger partial charge in [-0.25, -0.2) is 0 Å². The Bertz CT molecular complexity index is 1730. The van der Waals surface area contributed by atoms with Crippen LogP contribution in [-0.4, -0.2) is 63.5 Å². The molecule has 1 saturated carbocycles. The number of nitrogens with zero attached hydrogens (tertiary/aromatic N) is 1. The summed E-state index contributed by atoms with van der Waals surface area (Å²) in [6, 6.07) is 0. The Labute approximate surface area is 284 Å². The Balaban J connectivity index is 1.70. The maximum atomic E-state index is 14.8. The maximum Gasteiger partial charge on any atom is 0.248 e. The molecule has 0 aromatic heterocycles. The molecule has 4 unspecified atom stereocenters. The molecule has 3 aliphatic carbocycles. The fourth-order valence-electron chi connectivity index (χ4n) is 8.15. The van der Waals surface area contributed by atoms with Gasteiger partial charge in [-0.1, -0.05) is 47.1 Å². The molecule has 4 atom stereocenters. The first-order valence-corrected chi connectivity index (χ1v) is 17.0. The van der Waals surface area contributed by atoms with Gasteiger partial charge in [-0.2, -0.15) is 0 Å². The highest BCUT2D eigenvalue weighted by Crippen LogP contribution is 2.68. The molecule has 48 heavy (non-hydrogen) atoms. The van der Waals surface area contributed by atoms with Crippen molar-refractivity contribution in [3.63, 3.8) is 0 Å². The molecule has 8 heteroatoms. The number of hydrogen-bond donors (Lipinski definition) is 2. The summed E-state index contributed by atoms with van der Waals surface area (Å²) < 4.78 is 13.8. The second-order valence-corrected chi connectivity index (χ2v) is 15.2. The Morgan fingerprint density at radius 1 is 0.938 bits per heavy atom. The van der Waals surface area contributed by atoms with Crippen molar-refractivity contribution in [2.75, 3.05) is 14.1 Å². The van der Waals surface area contributed by atoms with Gasteiger partial charge < -0.3 is 24.6 Å². The van der Waals surface area contributed by atoms with Gasteiger partial charge in [-0.3, -0.25) is 14.4 Å². The number of carbonyl (C=O) groups is 3. The summed E-state index contributed by atoms with van der Waals surface area (Å²) in [6.07, 6.45) is 12.2. The van der Waals surface area contributed by atoms with Crippen molar-refractivity contribution in [2.45, 2.75) is 111 Å². The van der Waals surface area contributed by atoms with Crippen molar-refractivity contribution in [3.8, 4) is 17.2 Å². The molecule has 2 N–H and O–H groups in total. The number of benzene rings is 1. The zero-order valence-electron chi connectivity index (χ0n) is 30.2. The predicted octanol–water partition coefficient (Wildman–Crippen LogP) is 7.27. The number of amides is 1. The van der Waals surface area contributed by atoms with Crippen LogP contribution in [0.15, 0.2) is 58.2 Å². The molecule has 2 fully saturated rings. The molecule has 6 rings (SSSR count). The Kier molecular flexibility index (Phi) is 9.23. The van der Waals surface area contributed by atoms with E-state index in [1.165, 1.54) is 10.5 Å². The van der Waals surface area contributed by atoms with Crippen LogP contribution in [0, 0.1) is 11.8 Å². The van der Waals surface area contributed by atoms with Gasteiger partial charge >= 0.3 is 0 Å². The fraction of sp³-hybridized carbons (Fsp3) is 0.525. The van der Waals surface area contributed by atoms with E-state index in [1.54, 1.807) is 33.2 Å². The molecule has 1 spiro atoms. The van der Waals surface area contributed by atoms with Gasteiger partial charge in [0.2, 0.25) is 5.91 Å². The van der Waals surface area contributed by atoms with E-state index in [4.69, 9.17) is 9.47 Å². The monoisotopic (exact) mass is 657 g/mol. The summed E-state index contributed by atoms with van der Waals surface area (Å²) >= 11 is 0. The van der Waals surface area contributed by atoms with Gasteiger partial charge in [0, 0.05) is 54.6 Å². The Morgan fingerprint density at radius 3 is 2.21 bits per heavy atom. The van der Waals surface area contributed by atoms with E-state index in [0.717, 1.165) is 24.0 Å². The zero-order valence-corrected chi connectivity index (χ0v) is 30.2. The van der Waals surface area contributed by atoms with E-state index in [-0.39, 0.29) is 65.2 Å². The van der Waals surface area contributed by atoms with Gasteiger partial charge in [0.25, 0.3) is 0 Å². The SMILES string of the molecule is CC(C)=CCC/C(C)=C/Cc1c(O)c(CC=C(C)C)c2c(c1O)C(=O)C1=CC3CC4C(C)(C)OC(C/C=C(/C)C(=O)N(C)C)(C3=O)C14O2. The molecule has 2 heterocycles. The number of rotatable bonds is 10. The van der Waals surface area contributed by atoms with E-state index < -0.39 is 28.5 Å². The number of fused-ring (bicyclic) bond motifs is 1. The number of hydrogen-bond acceptors (Lipinski definition) is 7.